The molecule has 5 aromatic rings. The van der Waals surface area contributed by atoms with Crippen LogP contribution in [0.4, 0.5) is 0 Å². The molecule has 0 amide bonds. The molecule has 36 heavy (non-hydrogen) atoms. The van der Waals surface area contributed by atoms with Gasteiger partial charge in [-0.15, -0.1) is 11.3 Å². The standard InChI is InChI=1S/C28H25N5O2S/c1-17-3-2-4-24(33-17)27-26(31-16-32-27)19-5-6-23-20(9-19)10-21(14-30-23)22-11-25(36-15-22)28(34)35-8-7-18-12-29-13-18/h2-6,9-11,14-16,18,29H,7-8,12-13H2,1H3,(H,31,32). The number of imidazole rings is 1. The van der Waals surface area contributed by atoms with E-state index in [4.69, 9.17) is 4.74 Å². The molecule has 5 heterocycles. The summed E-state index contributed by atoms with van der Waals surface area (Å²) in [5.74, 6) is 0.362. The van der Waals surface area contributed by atoms with Gasteiger partial charge in [0.2, 0.25) is 0 Å². The minimum absolute atomic E-state index is 0.259. The molecule has 0 aliphatic carbocycles. The highest BCUT2D eigenvalue weighted by atomic mass is 32.1. The second-order valence-electron chi connectivity index (χ2n) is 9.07. The van der Waals surface area contributed by atoms with Gasteiger partial charge in [0, 0.05) is 28.4 Å². The van der Waals surface area contributed by atoms with Gasteiger partial charge < -0.3 is 15.0 Å². The average Bonchev–Trinajstić information content (AvgIpc) is 3.55. The molecule has 1 aromatic carbocycles. The number of aromatic nitrogens is 4. The van der Waals surface area contributed by atoms with Crippen molar-refractivity contribution in [1.82, 2.24) is 25.3 Å². The first-order valence-corrected chi connectivity index (χ1v) is 12.9. The molecule has 4 aromatic heterocycles. The first-order valence-electron chi connectivity index (χ1n) is 12.0. The number of benzene rings is 1. The highest BCUT2D eigenvalue weighted by Gasteiger charge is 2.18. The lowest BCUT2D eigenvalue weighted by Gasteiger charge is -2.26. The highest BCUT2D eigenvalue weighted by molar-refractivity contribution is 7.12. The van der Waals surface area contributed by atoms with Gasteiger partial charge in [0.25, 0.3) is 0 Å². The van der Waals surface area contributed by atoms with Crippen LogP contribution in [-0.2, 0) is 4.74 Å². The molecule has 8 heteroatoms. The SMILES string of the molecule is Cc1cccc(-c2[nH]cnc2-c2ccc3ncc(-c4csc(C(=O)OCCC5CNC5)c4)cc3c2)n1. The Morgan fingerprint density at radius 2 is 1.97 bits per heavy atom. The van der Waals surface area contributed by atoms with Crippen molar-refractivity contribution in [3.05, 3.63) is 77.0 Å². The van der Waals surface area contributed by atoms with Gasteiger partial charge in [0.15, 0.2) is 0 Å². The van der Waals surface area contributed by atoms with Gasteiger partial charge in [-0.25, -0.2) is 9.78 Å². The molecule has 6 rings (SSSR count). The van der Waals surface area contributed by atoms with Gasteiger partial charge in [-0.1, -0.05) is 12.1 Å². The first kappa shape index (κ1) is 22.6. The van der Waals surface area contributed by atoms with Gasteiger partial charge in [0.05, 0.1) is 35.5 Å². The van der Waals surface area contributed by atoms with Crippen LogP contribution in [0.25, 0.3) is 44.7 Å². The van der Waals surface area contributed by atoms with Crippen molar-refractivity contribution in [3.63, 3.8) is 0 Å². The number of rotatable bonds is 7. The van der Waals surface area contributed by atoms with Crippen LogP contribution in [0.1, 0.15) is 21.8 Å². The fourth-order valence-electron chi connectivity index (χ4n) is 4.36. The van der Waals surface area contributed by atoms with Crippen LogP contribution >= 0.6 is 11.3 Å². The van der Waals surface area contributed by atoms with E-state index in [0.717, 1.165) is 69.9 Å². The number of aryl methyl sites for hydroxylation is 1. The average molecular weight is 496 g/mol. The number of carbonyl (C=O) groups is 1. The smallest absolute Gasteiger partial charge is 0.348 e. The maximum absolute atomic E-state index is 12.5. The maximum atomic E-state index is 12.5. The largest absolute Gasteiger partial charge is 0.461 e. The normalized spacial score (nSPS) is 13.6. The summed E-state index contributed by atoms with van der Waals surface area (Å²) in [5.41, 5.74) is 7.34. The molecule has 180 valence electrons. The van der Waals surface area contributed by atoms with E-state index in [2.05, 4.69) is 37.4 Å². The number of pyridine rings is 2. The lowest BCUT2D eigenvalue weighted by atomic mass is 10.0. The highest BCUT2D eigenvalue weighted by Crippen LogP contribution is 2.32. The molecule has 0 spiro atoms. The Labute approximate surface area is 212 Å². The summed E-state index contributed by atoms with van der Waals surface area (Å²) >= 11 is 1.40. The van der Waals surface area contributed by atoms with Crippen molar-refractivity contribution in [2.24, 2.45) is 5.92 Å². The molecule has 7 nitrogen and oxygen atoms in total. The third-order valence-electron chi connectivity index (χ3n) is 6.50. The third-order valence-corrected chi connectivity index (χ3v) is 7.41. The van der Waals surface area contributed by atoms with Crippen LogP contribution < -0.4 is 5.32 Å². The molecular weight excluding hydrogens is 470 g/mol. The third kappa shape index (κ3) is 4.53. The van der Waals surface area contributed by atoms with Gasteiger partial charge in [-0.3, -0.25) is 9.97 Å². The van der Waals surface area contributed by atoms with Crippen LogP contribution in [0.5, 0.6) is 0 Å². The fraction of sp³-hybridized carbons (Fsp3) is 0.214. The molecule has 0 radical (unpaired) electrons. The number of aromatic amines is 1. The zero-order chi connectivity index (χ0) is 24.5. The fourth-order valence-corrected chi connectivity index (χ4v) is 5.17. The summed E-state index contributed by atoms with van der Waals surface area (Å²) < 4.78 is 5.48. The molecule has 1 fully saturated rings. The van der Waals surface area contributed by atoms with Crippen molar-refractivity contribution in [3.8, 4) is 33.8 Å². The molecule has 0 bridgehead atoms. The number of nitrogens with one attached hydrogen (secondary N) is 2. The Hall–Kier alpha value is -3.88. The molecule has 0 atom stereocenters. The Morgan fingerprint density at radius 1 is 1.08 bits per heavy atom. The molecule has 1 aliphatic rings. The predicted molar refractivity (Wildman–Crippen MR) is 142 cm³/mol. The zero-order valence-electron chi connectivity index (χ0n) is 19.8. The predicted octanol–water partition coefficient (Wildman–Crippen LogP) is 5.49. The van der Waals surface area contributed by atoms with Crippen LogP contribution in [0.15, 0.2) is 66.4 Å². The minimum atomic E-state index is -0.259. The van der Waals surface area contributed by atoms with Gasteiger partial charge >= 0.3 is 5.97 Å². The maximum Gasteiger partial charge on any atom is 0.348 e. The van der Waals surface area contributed by atoms with Crippen LogP contribution in [-0.4, -0.2) is 45.6 Å². The molecule has 1 aliphatic heterocycles. The van der Waals surface area contributed by atoms with E-state index >= 15 is 0 Å². The Morgan fingerprint density at radius 3 is 2.81 bits per heavy atom. The summed E-state index contributed by atoms with van der Waals surface area (Å²) in [6, 6.07) is 16.1. The van der Waals surface area contributed by atoms with Crippen molar-refractivity contribution in [2.45, 2.75) is 13.3 Å². The number of thiophene rings is 1. The Kier molecular flexibility index (Phi) is 6.04. The first-order chi connectivity index (χ1) is 17.6. The van der Waals surface area contributed by atoms with E-state index in [1.165, 1.54) is 11.3 Å². The lowest BCUT2D eigenvalue weighted by molar-refractivity contribution is 0.0477. The second-order valence-corrected chi connectivity index (χ2v) is 9.98. The van der Waals surface area contributed by atoms with Gasteiger partial charge in [0.1, 0.15) is 4.88 Å². The topological polar surface area (TPSA) is 92.8 Å². The van der Waals surface area contributed by atoms with Crippen LogP contribution in [0, 0.1) is 12.8 Å². The quantitative estimate of drug-likeness (QED) is 0.290. The number of esters is 1. The number of H-pyrrole nitrogens is 1. The summed E-state index contributed by atoms with van der Waals surface area (Å²) in [7, 11) is 0. The Balaban J connectivity index is 1.25. The zero-order valence-corrected chi connectivity index (χ0v) is 20.6. The summed E-state index contributed by atoms with van der Waals surface area (Å²) in [6.45, 7) is 4.47. The van der Waals surface area contributed by atoms with Crippen molar-refractivity contribution >= 4 is 28.2 Å². The molecule has 0 unspecified atom stereocenters. The minimum Gasteiger partial charge on any atom is -0.461 e. The summed E-state index contributed by atoms with van der Waals surface area (Å²) in [5, 5.41) is 6.22. The Bertz CT molecular complexity index is 1550. The van der Waals surface area contributed by atoms with E-state index < -0.39 is 0 Å². The van der Waals surface area contributed by atoms with Crippen molar-refractivity contribution in [2.75, 3.05) is 19.7 Å². The van der Waals surface area contributed by atoms with Crippen LogP contribution in [0.2, 0.25) is 0 Å². The second kappa shape index (κ2) is 9.64. The number of hydrogen-bond donors (Lipinski definition) is 2. The van der Waals surface area contributed by atoms with E-state index in [1.54, 1.807) is 6.33 Å². The summed E-state index contributed by atoms with van der Waals surface area (Å²) in [6.07, 6.45) is 4.45. The molecule has 2 N–H and O–H groups in total. The monoisotopic (exact) mass is 495 g/mol. The molecule has 0 saturated carbocycles. The molecular formula is C28H25N5O2S. The van der Waals surface area contributed by atoms with E-state index in [-0.39, 0.29) is 5.97 Å². The van der Waals surface area contributed by atoms with E-state index in [1.807, 2.05) is 54.9 Å². The lowest BCUT2D eigenvalue weighted by Crippen LogP contribution is -2.42. The number of hydrogen-bond acceptors (Lipinski definition) is 7. The van der Waals surface area contributed by atoms with Crippen molar-refractivity contribution < 1.29 is 9.53 Å². The number of carbonyl (C=O) groups excluding carboxylic acids is 1. The van der Waals surface area contributed by atoms with Crippen molar-refractivity contribution in [1.29, 1.82) is 0 Å². The van der Waals surface area contributed by atoms with E-state index in [0.29, 0.717) is 17.4 Å². The van der Waals surface area contributed by atoms with Gasteiger partial charge in [-0.05, 0) is 79.7 Å². The summed E-state index contributed by atoms with van der Waals surface area (Å²) in [4.78, 5) is 30.2. The number of nitrogens with zero attached hydrogens (tertiary/aromatic N) is 3. The number of fused-ring (bicyclic) bond motifs is 1. The van der Waals surface area contributed by atoms with Gasteiger partial charge in [-0.2, -0.15) is 0 Å². The van der Waals surface area contributed by atoms with E-state index in [9.17, 15) is 4.79 Å². The van der Waals surface area contributed by atoms with Crippen LogP contribution in [0.3, 0.4) is 0 Å². The number of ether oxygens (including phenoxy) is 1. The molecule has 1 saturated heterocycles.